The quantitative estimate of drug-likeness (QED) is 0.818. The van der Waals surface area contributed by atoms with Gasteiger partial charge < -0.3 is 15.7 Å². The van der Waals surface area contributed by atoms with E-state index < -0.39 is 6.09 Å². The van der Waals surface area contributed by atoms with Crippen molar-refractivity contribution in [2.24, 2.45) is 11.7 Å². The molecule has 26 heavy (non-hydrogen) atoms. The van der Waals surface area contributed by atoms with Crippen LogP contribution in [0.1, 0.15) is 31.7 Å². The maximum Gasteiger partial charge on any atom is 0.407 e. The van der Waals surface area contributed by atoms with E-state index in [-0.39, 0.29) is 24.5 Å². The third-order valence-corrected chi connectivity index (χ3v) is 5.44. The fraction of sp³-hybridized carbons (Fsp3) is 0.500. The van der Waals surface area contributed by atoms with E-state index in [0.717, 1.165) is 24.8 Å². The highest BCUT2D eigenvalue weighted by molar-refractivity contribution is 5.75. The van der Waals surface area contributed by atoms with Gasteiger partial charge in [0.15, 0.2) is 0 Å². The molecule has 3 N–H and O–H groups in total. The summed E-state index contributed by atoms with van der Waals surface area (Å²) < 4.78 is 0. The molecule has 2 fully saturated rings. The molecule has 0 aromatic heterocycles. The van der Waals surface area contributed by atoms with Crippen molar-refractivity contribution in [1.29, 1.82) is 0 Å². The van der Waals surface area contributed by atoms with E-state index in [1.54, 1.807) is 4.90 Å². The zero-order chi connectivity index (χ0) is 18.7. The van der Waals surface area contributed by atoms with E-state index >= 15 is 0 Å². The highest BCUT2D eigenvalue weighted by Gasteiger charge is 2.47. The average Bonchev–Trinajstić information content (AvgIpc) is 3.37. The average molecular weight is 357 g/mol. The largest absolute Gasteiger partial charge is 0.465 e. The Labute approximate surface area is 154 Å². The van der Waals surface area contributed by atoms with Crippen LogP contribution >= 0.6 is 0 Å². The van der Waals surface area contributed by atoms with Crippen LogP contribution in [0.5, 0.6) is 0 Å². The van der Waals surface area contributed by atoms with Crippen molar-refractivity contribution in [1.82, 2.24) is 9.80 Å². The molecule has 2 unspecified atom stereocenters. The molecule has 6 nitrogen and oxygen atoms in total. The molecule has 0 spiro atoms. The van der Waals surface area contributed by atoms with E-state index in [4.69, 9.17) is 5.73 Å². The SMILES string of the molecule is C/C(=C\c1ccccc1)C1CC1N(C(=O)O)C1CCN(CC(N)=O)CC1. The van der Waals surface area contributed by atoms with Gasteiger partial charge in [0.1, 0.15) is 0 Å². The summed E-state index contributed by atoms with van der Waals surface area (Å²) in [5.41, 5.74) is 7.63. The Morgan fingerprint density at radius 2 is 1.92 bits per heavy atom. The third-order valence-electron chi connectivity index (χ3n) is 5.44. The first-order valence-electron chi connectivity index (χ1n) is 9.21. The molecule has 2 amide bonds. The summed E-state index contributed by atoms with van der Waals surface area (Å²) in [6.07, 6.45) is 3.72. The van der Waals surface area contributed by atoms with Crippen molar-refractivity contribution < 1.29 is 14.7 Å². The van der Waals surface area contributed by atoms with Crippen LogP contribution in [0.3, 0.4) is 0 Å². The van der Waals surface area contributed by atoms with Crippen LogP contribution < -0.4 is 5.73 Å². The number of amides is 2. The number of hydrogen-bond acceptors (Lipinski definition) is 3. The first-order chi connectivity index (χ1) is 12.5. The van der Waals surface area contributed by atoms with Crippen molar-refractivity contribution in [3.8, 4) is 0 Å². The molecule has 1 saturated heterocycles. The lowest BCUT2D eigenvalue weighted by Gasteiger charge is -2.37. The molecular weight excluding hydrogens is 330 g/mol. The summed E-state index contributed by atoms with van der Waals surface area (Å²) in [4.78, 5) is 26.6. The first-order valence-corrected chi connectivity index (χ1v) is 9.21. The minimum atomic E-state index is -0.835. The normalized spacial score (nSPS) is 24.3. The molecule has 1 heterocycles. The van der Waals surface area contributed by atoms with Gasteiger partial charge in [0.2, 0.25) is 5.91 Å². The van der Waals surface area contributed by atoms with Crippen LogP contribution in [0.15, 0.2) is 35.9 Å². The van der Waals surface area contributed by atoms with Crippen LogP contribution in [-0.4, -0.2) is 58.6 Å². The molecule has 2 aliphatic rings. The number of primary amides is 1. The molecule has 1 aromatic carbocycles. The number of carboxylic acid groups (broad SMARTS) is 1. The van der Waals surface area contributed by atoms with Crippen molar-refractivity contribution in [3.05, 3.63) is 41.5 Å². The molecule has 140 valence electrons. The second kappa shape index (κ2) is 7.91. The summed E-state index contributed by atoms with van der Waals surface area (Å²) in [6.45, 7) is 3.78. The zero-order valence-electron chi connectivity index (χ0n) is 15.2. The monoisotopic (exact) mass is 357 g/mol. The van der Waals surface area contributed by atoms with Crippen molar-refractivity contribution in [2.75, 3.05) is 19.6 Å². The van der Waals surface area contributed by atoms with Crippen molar-refractivity contribution in [3.63, 3.8) is 0 Å². The van der Waals surface area contributed by atoms with Gasteiger partial charge in [0.25, 0.3) is 0 Å². The van der Waals surface area contributed by atoms with E-state index in [1.165, 1.54) is 5.57 Å². The lowest BCUT2D eigenvalue weighted by Crippen LogP contribution is -2.49. The number of carbonyl (C=O) groups excluding carboxylic acids is 1. The number of nitrogens with two attached hydrogens (primary N) is 1. The fourth-order valence-electron chi connectivity index (χ4n) is 4.04. The molecule has 2 atom stereocenters. The lowest BCUT2D eigenvalue weighted by molar-refractivity contribution is -0.119. The highest BCUT2D eigenvalue weighted by Crippen LogP contribution is 2.44. The van der Waals surface area contributed by atoms with Crippen molar-refractivity contribution >= 4 is 18.1 Å². The predicted molar refractivity (Wildman–Crippen MR) is 101 cm³/mol. The van der Waals surface area contributed by atoms with E-state index in [9.17, 15) is 14.7 Å². The smallest absolute Gasteiger partial charge is 0.407 e. The number of rotatable bonds is 6. The number of hydrogen-bond donors (Lipinski definition) is 2. The number of benzene rings is 1. The molecule has 1 aliphatic carbocycles. The van der Waals surface area contributed by atoms with Gasteiger partial charge in [-0.1, -0.05) is 42.0 Å². The fourth-order valence-corrected chi connectivity index (χ4v) is 4.04. The molecule has 1 saturated carbocycles. The Hall–Kier alpha value is -2.34. The standard InChI is InChI=1S/C20H27N3O3/c1-14(11-15-5-3-2-4-6-15)17-12-18(17)23(20(25)26)16-7-9-22(10-8-16)13-19(21)24/h2-6,11,16-18H,7-10,12-13H2,1H3,(H2,21,24)(H,25,26)/b14-11+. The zero-order valence-corrected chi connectivity index (χ0v) is 15.2. The second-order valence-electron chi connectivity index (χ2n) is 7.37. The second-order valence-corrected chi connectivity index (χ2v) is 7.37. The third kappa shape index (κ3) is 4.43. The Balaban J connectivity index is 1.61. The van der Waals surface area contributed by atoms with Gasteiger partial charge in [-0.3, -0.25) is 9.69 Å². The Bertz CT molecular complexity index is 681. The van der Waals surface area contributed by atoms with Gasteiger partial charge in [-0.05, 0) is 31.7 Å². The highest BCUT2D eigenvalue weighted by atomic mass is 16.4. The summed E-state index contributed by atoms with van der Waals surface area (Å²) >= 11 is 0. The number of piperidine rings is 1. The van der Waals surface area contributed by atoms with Gasteiger partial charge in [-0.25, -0.2) is 4.79 Å². The molecule has 3 rings (SSSR count). The topological polar surface area (TPSA) is 86.9 Å². The molecular formula is C20H27N3O3. The van der Waals surface area contributed by atoms with E-state index in [2.05, 4.69) is 25.1 Å². The van der Waals surface area contributed by atoms with Crippen LogP contribution in [0.4, 0.5) is 4.79 Å². The van der Waals surface area contributed by atoms with Gasteiger partial charge in [-0.15, -0.1) is 0 Å². The van der Waals surface area contributed by atoms with Gasteiger partial charge in [0, 0.05) is 31.1 Å². The van der Waals surface area contributed by atoms with Crippen LogP contribution in [0.2, 0.25) is 0 Å². The van der Waals surface area contributed by atoms with Crippen LogP contribution in [0.25, 0.3) is 6.08 Å². The summed E-state index contributed by atoms with van der Waals surface area (Å²) in [7, 11) is 0. The Kier molecular flexibility index (Phi) is 5.61. The first kappa shape index (κ1) is 18.5. The molecule has 0 radical (unpaired) electrons. The van der Waals surface area contributed by atoms with E-state index in [1.807, 2.05) is 23.1 Å². The summed E-state index contributed by atoms with van der Waals surface area (Å²) in [5.74, 6) is -0.0302. The van der Waals surface area contributed by atoms with E-state index in [0.29, 0.717) is 19.0 Å². The summed E-state index contributed by atoms with van der Waals surface area (Å²) in [5, 5.41) is 9.76. The maximum absolute atomic E-state index is 11.9. The number of nitrogens with zero attached hydrogens (tertiary/aromatic N) is 2. The van der Waals surface area contributed by atoms with Gasteiger partial charge in [-0.2, -0.15) is 0 Å². The molecule has 1 aliphatic heterocycles. The van der Waals surface area contributed by atoms with Gasteiger partial charge in [0.05, 0.1) is 6.54 Å². The number of likely N-dealkylation sites (tertiary alicyclic amines) is 1. The Morgan fingerprint density at radius 1 is 1.27 bits per heavy atom. The lowest BCUT2D eigenvalue weighted by atomic mass is 10.0. The van der Waals surface area contributed by atoms with Gasteiger partial charge >= 0.3 is 6.09 Å². The van der Waals surface area contributed by atoms with Crippen LogP contribution in [-0.2, 0) is 4.79 Å². The van der Waals surface area contributed by atoms with Crippen LogP contribution in [0, 0.1) is 5.92 Å². The minimum absolute atomic E-state index is 0.0242. The minimum Gasteiger partial charge on any atom is -0.465 e. The predicted octanol–water partition coefficient (Wildman–Crippen LogP) is 2.41. The summed E-state index contributed by atoms with van der Waals surface area (Å²) in [6, 6.07) is 10.2. The molecule has 6 heteroatoms. The van der Waals surface area contributed by atoms with Crippen molar-refractivity contribution in [2.45, 2.75) is 38.3 Å². The Morgan fingerprint density at radius 3 is 2.50 bits per heavy atom. The molecule has 0 bridgehead atoms. The number of carbonyl (C=O) groups is 2. The molecule has 1 aromatic rings. The maximum atomic E-state index is 11.9.